The Kier molecular flexibility index (Phi) is 9.41. The van der Waals surface area contributed by atoms with E-state index in [4.69, 9.17) is 0 Å². The van der Waals surface area contributed by atoms with E-state index in [0.717, 1.165) is 43.4 Å². The number of carbonyl (C=O) groups excluding carboxylic acids is 1. The van der Waals surface area contributed by atoms with Gasteiger partial charge in [0.05, 0.1) is 6.54 Å². The number of aryl methyl sites for hydroxylation is 1. The summed E-state index contributed by atoms with van der Waals surface area (Å²) in [6.45, 7) is 11.8. The summed E-state index contributed by atoms with van der Waals surface area (Å²) < 4.78 is 0. The maximum Gasteiger partial charge on any atom is 0.238 e. The predicted molar refractivity (Wildman–Crippen MR) is 123 cm³/mol. The maximum absolute atomic E-state index is 13.0. The van der Waals surface area contributed by atoms with Crippen molar-refractivity contribution in [3.8, 4) is 0 Å². The van der Waals surface area contributed by atoms with E-state index in [0.29, 0.717) is 18.1 Å². The summed E-state index contributed by atoms with van der Waals surface area (Å²) in [4.78, 5) is 26.5. The molecule has 2 aromatic rings. The van der Waals surface area contributed by atoms with Gasteiger partial charge in [0.15, 0.2) is 5.82 Å². The van der Waals surface area contributed by atoms with Crippen molar-refractivity contribution >= 4 is 29.2 Å². The van der Waals surface area contributed by atoms with E-state index in [1.54, 1.807) is 0 Å². The summed E-state index contributed by atoms with van der Waals surface area (Å²) in [5, 5.41) is 3.92. The summed E-state index contributed by atoms with van der Waals surface area (Å²) in [7, 11) is 0. The Morgan fingerprint density at radius 2 is 1.79 bits per heavy atom. The number of amides is 1. The Balaban J connectivity index is 2.21. The molecule has 6 nitrogen and oxygen atoms in total. The lowest BCUT2D eigenvalue weighted by atomic mass is 10.2. The van der Waals surface area contributed by atoms with E-state index in [1.165, 1.54) is 17.3 Å². The number of benzene rings is 1. The molecule has 0 saturated carbocycles. The lowest BCUT2D eigenvalue weighted by Gasteiger charge is -2.25. The number of thioether (sulfide) groups is 1. The lowest BCUT2D eigenvalue weighted by Crippen LogP contribution is -2.34. The first-order valence-corrected chi connectivity index (χ1v) is 11.5. The normalized spacial score (nSPS) is 11.0. The van der Waals surface area contributed by atoms with Crippen LogP contribution in [-0.2, 0) is 11.3 Å². The van der Waals surface area contributed by atoms with Crippen molar-refractivity contribution in [1.82, 2.24) is 14.9 Å². The number of anilines is 2. The molecule has 0 aliphatic rings. The van der Waals surface area contributed by atoms with Gasteiger partial charge in [-0.3, -0.25) is 9.69 Å². The maximum atomic E-state index is 13.0. The first-order chi connectivity index (χ1) is 14.0. The monoisotopic (exact) mass is 415 g/mol. The average molecular weight is 416 g/mol. The second-order valence-corrected chi connectivity index (χ2v) is 7.69. The Bertz CT molecular complexity index is 780. The molecule has 7 heteroatoms. The van der Waals surface area contributed by atoms with Gasteiger partial charge in [-0.05, 0) is 45.6 Å². The first-order valence-electron chi connectivity index (χ1n) is 10.3. The molecule has 1 heterocycles. The Hall–Kier alpha value is -2.12. The van der Waals surface area contributed by atoms with Gasteiger partial charge in [-0.1, -0.05) is 37.3 Å². The smallest absolute Gasteiger partial charge is 0.238 e. The molecule has 0 aliphatic heterocycles. The summed E-state index contributed by atoms with van der Waals surface area (Å²) >= 11 is 1.53. The van der Waals surface area contributed by atoms with E-state index >= 15 is 0 Å². The molecule has 2 rings (SSSR count). The van der Waals surface area contributed by atoms with Crippen molar-refractivity contribution in [2.24, 2.45) is 0 Å². The van der Waals surface area contributed by atoms with Crippen molar-refractivity contribution < 1.29 is 4.79 Å². The van der Waals surface area contributed by atoms with Crippen LogP contribution >= 0.6 is 11.8 Å². The van der Waals surface area contributed by atoms with E-state index in [-0.39, 0.29) is 5.91 Å². The van der Waals surface area contributed by atoms with Crippen LogP contribution in [0.15, 0.2) is 35.4 Å². The highest BCUT2D eigenvalue weighted by Crippen LogP contribution is 2.32. The number of nitrogens with one attached hydrogen (secondary N) is 1. The molecule has 0 aliphatic carbocycles. The molecule has 1 aromatic carbocycles. The molecule has 158 valence electrons. The molecular formula is C22H33N5OS. The van der Waals surface area contributed by atoms with Crippen LogP contribution in [0.25, 0.3) is 0 Å². The standard InChI is InChI=1S/C22H33N5OS/c1-6-14-26(15-18-12-10-9-11-13-18)16-19(28)25-20-21(27(7-2)8-3)23-17(4)24-22(20)29-5/h9-13H,6-8,14-16H2,1-5H3,(H,25,28). The van der Waals surface area contributed by atoms with Crippen LogP contribution in [0.4, 0.5) is 11.5 Å². The van der Waals surface area contributed by atoms with Crippen molar-refractivity contribution in [2.75, 3.05) is 42.7 Å². The highest BCUT2D eigenvalue weighted by molar-refractivity contribution is 7.98. The minimum Gasteiger partial charge on any atom is -0.355 e. The minimum atomic E-state index is -0.0365. The van der Waals surface area contributed by atoms with E-state index in [9.17, 15) is 4.79 Å². The third kappa shape index (κ3) is 6.72. The van der Waals surface area contributed by atoms with Crippen molar-refractivity contribution in [1.29, 1.82) is 0 Å². The molecular weight excluding hydrogens is 382 g/mol. The average Bonchev–Trinajstić information content (AvgIpc) is 2.71. The third-order valence-corrected chi connectivity index (χ3v) is 5.33. The van der Waals surface area contributed by atoms with Gasteiger partial charge in [0, 0.05) is 19.6 Å². The molecule has 1 amide bonds. The number of hydrogen-bond donors (Lipinski definition) is 1. The Labute approximate surface area is 179 Å². The lowest BCUT2D eigenvalue weighted by molar-refractivity contribution is -0.117. The predicted octanol–water partition coefficient (Wildman–Crippen LogP) is 4.20. The largest absolute Gasteiger partial charge is 0.355 e. The van der Waals surface area contributed by atoms with Gasteiger partial charge >= 0.3 is 0 Å². The van der Waals surface area contributed by atoms with Crippen molar-refractivity contribution in [3.05, 3.63) is 41.7 Å². The summed E-state index contributed by atoms with van der Waals surface area (Å²) in [6.07, 6.45) is 2.97. The van der Waals surface area contributed by atoms with Crippen LogP contribution < -0.4 is 10.2 Å². The van der Waals surface area contributed by atoms with Crippen LogP contribution in [0.3, 0.4) is 0 Å². The Morgan fingerprint density at radius 1 is 1.10 bits per heavy atom. The number of hydrogen-bond acceptors (Lipinski definition) is 6. The molecule has 1 aromatic heterocycles. The summed E-state index contributed by atoms with van der Waals surface area (Å²) in [6, 6.07) is 10.3. The molecule has 0 spiro atoms. The molecule has 0 unspecified atom stereocenters. The SMILES string of the molecule is CCCN(CC(=O)Nc1c(SC)nc(C)nc1N(CC)CC)Cc1ccccc1. The number of carbonyl (C=O) groups is 1. The van der Waals surface area contributed by atoms with Gasteiger partial charge in [-0.25, -0.2) is 9.97 Å². The van der Waals surface area contributed by atoms with Crippen molar-refractivity contribution in [2.45, 2.75) is 45.7 Å². The fourth-order valence-electron chi connectivity index (χ4n) is 3.30. The Morgan fingerprint density at radius 3 is 2.38 bits per heavy atom. The number of nitrogens with zero attached hydrogens (tertiary/aromatic N) is 4. The van der Waals surface area contributed by atoms with Gasteiger partial charge < -0.3 is 10.2 Å². The van der Waals surface area contributed by atoms with Crippen LogP contribution in [-0.4, -0.2) is 53.2 Å². The minimum absolute atomic E-state index is 0.0365. The molecule has 29 heavy (non-hydrogen) atoms. The van der Waals surface area contributed by atoms with Crippen molar-refractivity contribution in [3.63, 3.8) is 0 Å². The molecule has 0 saturated heterocycles. The summed E-state index contributed by atoms with van der Waals surface area (Å²) in [5.74, 6) is 1.47. The molecule has 0 atom stereocenters. The highest BCUT2D eigenvalue weighted by Gasteiger charge is 2.20. The van der Waals surface area contributed by atoms with E-state index in [2.05, 4.69) is 58.0 Å². The topological polar surface area (TPSA) is 61.4 Å². The van der Waals surface area contributed by atoms with E-state index < -0.39 is 0 Å². The quantitative estimate of drug-likeness (QED) is 0.438. The van der Waals surface area contributed by atoms with Gasteiger partial charge in [-0.2, -0.15) is 0 Å². The molecule has 1 N–H and O–H groups in total. The molecule has 0 radical (unpaired) electrons. The van der Waals surface area contributed by atoms with Gasteiger partial charge in [0.1, 0.15) is 16.5 Å². The van der Waals surface area contributed by atoms with Crippen LogP contribution in [0.2, 0.25) is 0 Å². The van der Waals surface area contributed by atoms with Crippen LogP contribution in [0.1, 0.15) is 38.6 Å². The fourth-order valence-corrected chi connectivity index (χ4v) is 3.87. The van der Waals surface area contributed by atoms with Gasteiger partial charge in [0.25, 0.3) is 0 Å². The number of aromatic nitrogens is 2. The second-order valence-electron chi connectivity index (χ2n) is 6.90. The summed E-state index contributed by atoms with van der Waals surface area (Å²) in [5.41, 5.74) is 1.93. The fraction of sp³-hybridized carbons (Fsp3) is 0.500. The zero-order chi connectivity index (χ0) is 21.2. The van der Waals surface area contributed by atoms with Crippen LogP contribution in [0, 0.1) is 6.92 Å². The van der Waals surface area contributed by atoms with E-state index in [1.807, 2.05) is 31.4 Å². The molecule has 0 bridgehead atoms. The second kappa shape index (κ2) is 11.8. The zero-order valence-electron chi connectivity index (χ0n) is 18.2. The van der Waals surface area contributed by atoms with Gasteiger partial charge in [0.2, 0.25) is 5.91 Å². The number of rotatable bonds is 11. The zero-order valence-corrected chi connectivity index (χ0v) is 19.1. The third-order valence-electron chi connectivity index (χ3n) is 4.65. The first kappa shape index (κ1) is 23.2. The highest BCUT2D eigenvalue weighted by atomic mass is 32.2. The van der Waals surface area contributed by atoms with Crippen LogP contribution in [0.5, 0.6) is 0 Å². The van der Waals surface area contributed by atoms with Gasteiger partial charge in [-0.15, -0.1) is 11.8 Å². The molecule has 0 fully saturated rings.